The molecule has 0 amide bonds. The van der Waals surface area contributed by atoms with Crippen molar-refractivity contribution in [2.24, 2.45) is 0 Å². The van der Waals surface area contributed by atoms with E-state index in [-0.39, 0.29) is 0 Å². The summed E-state index contributed by atoms with van der Waals surface area (Å²) in [6, 6.07) is 19.5. The molecule has 0 saturated carbocycles. The Bertz CT molecular complexity index is 862. The minimum absolute atomic E-state index is 0.465. The van der Waals surface area contributed by atoms with Gasteiger partial charge in [-0.15, -0.1) is 0 Å². The van der Waals surface area contributed by atoms with Crippen molar-refractivity contribution in [2.75, 3.05) is 0 Å². The first kappa shape index (κ1) is 17.9. The van der Waals surface area contributed by atoms with Gasteiger partial charge in [-0.1, -0.05) is 48.5 Å². The van der Waals surface area contributed by atoms with Crippen molar-refractivity contribution in [3.63, 3.8) is 0 Å². The molecular weight excluding hydrogens is 330 g/mol. The molecule has 1 fully saturated rings. The van der Waals surface area contributed by atoms with Crippen LogP contribution in [-0.2, 0) is 0 Å². The van der Waals surface area contributed by atoms with Crippen LogP contribution in [0.25, 0.3) is 22.3 Å². The minimum atomic E-state index is 0.465. The zero-order valence-corrected chi connectivity index (χ0v) is 16.3. The third kappa shape index (κ3) is 3.65. The van der Waals surface area contributed by atoms with Crippen molar-refractivity contribution >= 4 is 0 Å². The van der Waals surface area contributed by atoms with Crippen LogP contribution >= 0.6 is 0 Å². The lowest BCUT2D eigenvalue weighted by Gasteiger charge is -2.33. The molecule has 3 heteroatoms. The van der Waals surface area contributed by atoms with Crippen LogP contribution in [-0.4, -0.2) is 27.0 Å². The van der Waals surface area contributed by atoms with Crippen LogP contribution in [0, 0.1) is 0 Å². The Morgan fingerprint density at radius 1 is 0.741 bits per heavy atom. The maximum absolute atomic E-state index is 4.10. The zero-order chi connectivity index (χ0) is 18.8. The van der Waals surface area contributed by atoms with Crippen LogP contribution in [0.1, 0.15) is 45.2 Å². The van der Waals surface area contributed by atoms with Gasteiger partial charge in [0.1, 0.15) is 6.33 Å². The molecule has 2 heterocycles. The minimum Gasteiger partial charge on any atom is -0.291 e. The first-order valence-electron chi connectivity index (χ1n) is 9.86. The fourth-order valence-corrected chi connectivity index (χ4v) is 4.41. The van der Waals surface area contributed by atoms with Crippen molar-refractivity contribution < 1.29 is 0 Å². The summed E-state index contributed by atoms with van der Waals surface area (Å²) in [6.45, 7) is 7.05. The van der Waals surface area contributed by atoms with Gasteiger partial charge in [0, 0.05) is 36.1 Å². The summed E-state index contributed by atoms with van der Waals surface area (Å²) in [5, 5.41) is 0. The molecule has 1 saturated heterocycles. The molecule has 1 aromatic heterocycles. The van der Waals surface area contributed by atoms with E-state index in [9.17, 15) is 0 Å². The number of rotatable bonds is 4. The fourth-order valence-electron chi connectivity index (χ4n) is 4.41. The Morgan fingerprint density at radius 3 is 1.70 bits per heavy atom. The summed E-state index contributed by atoms with van der Waals surface area (Å²) in [4.78, 5) is 10.9. The quantitative estimate of drug-likeness (QED) is 0.596. The molecule has 0 spiro atoms. The molecule has 3 nitrogen and oxygen atoms in total. The van der Waals surface area contributed by atoms with Crippen molar-refractivity contribution in [2.45, 2.75) is 51.7 Å². The van der Waals surface area contributed by atoms with E-state index in [2.05, 4.69) is 84.2 Å². The van der Waals surface area contributed by atoms with Crippen LogP contribution in [0.15, 0.2) is 67.3 Å². The van der Waals surface area contributed by atoms with E-state index in [4.69, 9.17) is 0 Å². The normalized spacial score (nSPS) is 21.3. The molecule has 27 heavy (non-hydrogen) atoms. The Labute approximate surface area is 162 Å². The molecule has 0 N–H and O–H groups in total. The average molecular weight is 358 g/mol. The summed E-state index contributed by atoms with van der Waals surface area (Å²) in [6.07, 6.45) is 7.87. The molecule has 0 aliphatic carbocycles. The van der Waals surface area contributed by atoms with Crippen LogP contribution in [0.4, 0.5) is 0 Å². The van der Waals surface area contributed by atoms with E-state index < -0.39 is 0 Å². The Morgan fingerprint density at radius 2 is 1.19 bits per heavy atom. The molecule has 2 aromatic carbocycles. The van der Waals surface area contributed by atoms with Gasteiger partial charge in [-0.25, -0.2) is 9.97 Å². The number of likely N-dealkylation sites (tertiary alicyclic amines) is 1. The first-order valence-corrected chi connectivity index (χ1v) is 9.86. The van der Waals surface area contributed by atoms with E-state index in [0.29, 0.717) is 18.1 Å². The van der Waals surface area contributed by atoms with Crippen molar-refractivity contribution in [1.29, 1.82) is 0 Å². The Hall–Kier alpha value is -2.52. The van der Waals surface area contributed by atoms with Crippen LogP contribution < -0.4 is 0 Å². The van der Waals surface area contributed by atoms with E-state index in [1.54, 1.807) is 6.33 Å². The summed E-state index contributed by atoms with van der Waals surface area (Å²) in [5.41, 5.74) is 6.07. The van der Waals surface area contributed by atoms with Crippen LogP contribution in [0.3, 0.4) is 0 Å². The highest BCUT2D eigenvalue weighted by molar-refractivity contribution is 5.69. The van der Waals surface area contributed by atoms with Crippen LogP contribution in [0.5, 0.6) is 0 Å². The number of aromatic nitrogens is 2. The zero-order valence-electron chi connectivity index (χ0n) is 16.3. The maximum Gasteiger partial charge on any atom is 0.115 e. The highest BCUT2D eigenvalue weighted by Gasteiger charge is 2.31. The van der Waals surface area contributed by atoms with Crippen molar-refractivity contribution in [1.82, 2.24) is 14.9 Å². The number of nitrogens with zero attached hydrogens (tertiary/aromatic N) is 3. The number of hydrogen-bond donors (Lipinski definition) is 0. The SMILES string of the molecule is CC1CCC(C)N1C(C)c1ccc(-c2ccc(-c3cncnc3)cc2)cc1. The van der Waals surface area contributed by atoms with Gasteiger partial charge in [0.15, 0.2) is 0 Å². The van der Waals surface area contributed by atoms with Gasteiger partial charge >= 0.3 is 0 Å². The predicted octanol–water partition coefficient (Wildman–Crippen LogP) is 5.74. The van der Waals surface area contributed by atoms with Gasteiger partial charge in [0.2, 0.25) is 0 Å². The second-order valence-electron chi connectivity index (χ2n) is 7.73. The molecule has 0 radical (unpaired) electrons. The fraction of sp³-hybridized carbons (Fsp3) is 0.333. The number of hydrogen-bond acceptors (Lipinski definition) is 3. The maximum atomic E-state index is 4.10. The van der Waals surface area contributed by atoms with Crippen molar-refractivity contribution in [3.8, 4) is 22.3 Å². The summed E-state index contributed by atoms with van der Waals surface area (Å²) in [7, 11) is 0. The Balaban J connectivity index is 1.52. The topological polar surface area (TPSA) is 29.0 Å². The second-order valence-corrected chi connectivity index (χ2v) is 7.73. The molecule has 1 aliphatic heterocycles. The third-order valence-electron chi connectivity index (χ3n) is 5.97. The lowest BCUT2D eigenvalue weighted by atomic mass is 9.98. The molecule has 0 bridgehead atoms. The van der Waals surface area contributed by atoms with E-state index in [1.807, 2.05) is 12.4 Å². The molecule has 3 unspecified atom stereocenters. The summed E-state index contributed by atoms with van der Waals surface area (Å²) < 4.78 is 0. The van der Waals surface area contributed by atoms with Gasteiger partial charge in [-0.2, -0.15) is 0 Å². The predicted molar refractivity (Wildman–Crippen MR) is 111 cm³/mol. The highest BCUT2D eigenvalue weighted by Crippen LogP contribution is 2.34. The second kappa shape index (κ2) is 7.61. The van der Waals surface area contributed by atoms with Gasteiger partial charge in [-0.3, -0.25) is 4.90 Å². The van der Waals surface area contributed by atoms with E-state index in [0.717, 1.165) is 11.1 Å². The Kier molecular flexibility index (Phi) is 5.04. The van der Waals surface area contributed by atoms with Crippen molar-refractivity contribution in [3.05, 3.63) is 72.8 Å². The number of benzene rings is 2. The lowest BCUT2D eigenvalue weighted by Crippen LogP contribution is -2.35. The van der Waals surface area contributed by atoms with Crippen LogP contribution in [0.2, 0.25) is 0 Å². The average Bonchev–Trinajstić information content (AvgIpc) is 3.06. The smallest absolute Gasteiger partial charge is 0.115 e. The first-order chi connectivity index (χ1) is 13.1. The van der Waals surface area contributed by atoms with Gasteiger partial charge in [-0.05, 0) is 55.9 Å². The molecule has 138 valence electrons. The third-order valence-corrected chi connectivity index (χ3v) is 5.97. The highest BCUT2D eigenvalue weighted by atomic mass is 15.2. The van der Waals surface area contributed by atoms with Gasteiger partial charge in [0.25, 0.3) is 0 Å². The lowest BCUT2D eigenvalue weighted by molar-refractivity contribution is 0.156. The van der Waals surface area contributed by atoms with Gasteiger partial charge in [0.05, 0.1) is 0 Å². The summed E-state index contributed by atoms with van der Waals surface area (Å²) >= 11 is 0. The molecule has 4 rings (SSSR count). The van der Waals surface area contributed by atoms with E-state index >= 15 is 0 Å². The monoisotopic (exact) mass is 357 g/mol. The molecule has 3 aromatic rings. The standard InChI is InChI=1S/C24H27N3/c1-17-4-5-18(2)27(17)19(3)20-6-8-21(9-7-20)22-10-12-23(13-11-22)24-14-25-16-26-15-24/h6-19H,4-5H2,1-3H3. The van der Waals surface area contributed by atoms with E-state index in [1.165, 1.54) is 29.5 Å². The largest absolute Gasteiger partial charge is 0.291 e. The molecular formula is C24H27N3. The molecule has 3 atom stereocenters. The van der Waals surface area contributed by atoms with Gasteiger partial charge < -0.3 is 0 Å². The summed E-state index contributed by atoms with van der Waals surface area (Å²) in [5.74, 6) is 0. The molecule has 1 aliphatic rings.